The quantitative estimate of drug-likeness (QED) is 0.596. The number of carbonyl (C=O) groups excluding carboxylic acids is 2. The third kappa shape index (κ3) is 5.01. The zero-order valence-corrected chi connectivity index (χ0v) is 16.1. The normalized spacial score (nSPS) is 14.0. The van der Waals surface area contributed by atoms with Crippen molar-refractivity contribution in [3.63, 3.8) is 0 Å². The summed E-state index contributed by atoms with van der Waals surface area (Å²) in [6.07, 6.45) is 1.08. The molecule has 1 aliphatic heterocycles. The van der Waals surface area contributed by atoms with E-state index in [0.29, 0.717) is 22.2 Å². The third-order valence-corrected chi connectivity index (χ3v) is 4.36. The van der Waals surface area contributed by atoms with E-state index < -0.39 is 0 Å². The Balaban J connectivity index is 1.77. The number of benzene rings is 1. The van der Waals surface area contributed by atoms with E-state index in [0.717, 1.165) is 13.0 Å². The summed E-state index contributed by atoms with van der Waals surface area (Å²) in [7, 11) is 0. The summed E-state index contributed by atoms with van der Waals surface area (Å²) in [5, 5.41) is 3.41. The van der Waals surface area contributed by atoms with Crippen LogP contribution in [0.25, 0.3) is 0 Å². The van der Waals surface area contributed by atoms with Crippen LogP contribution in [0.1, 0.15) is 54.8 Å². The van der Waals surface area contributed by atoms with Crippen molar-refractivity contribution in [3.8, 4) is 0 Å². The van der Waals surface area contributed by atoms with Gasteiger partial charge in [0.1, 0.15) is 6.61 Å². The standard InChI is InChI=1S/C19H26N2O3S/c1-13(2)11-19(3,4)12-20-18(25)24-10-9-21-16(22)14-7-5-6-8-15(14)17(21)23/h5-8,13H,9-12H2,1-4H3,(H,20,25). The van der Waals surface area contributed by atoms with Crippen molar-refractivity contribution in [1.29, 1.82) is 0 Å². The molecule has 5 nitrogen and oxygen atoms in total. The first-order valence-corrected chi connectivity index (χ1v) is 8.98. The van der Waals surface area contributed by atoms with Crippen LogP contribution in [0.15, 0.2) is 24.3 Å². The van der Waals surface area contributed by atoms with Crippen LogP contribution >= 0.6 is 12.2 Å². The molecule has 6 heteroatoms. The zero-order chi connectivity index (χ0) is 18.6. The molecule has 2 amide bonds. The maximum Gasteiger partial charge on any atom is 0.261 e. The Morgan fingerprint density at radius 2 is 1.76 bits per heavy atom. The van der Waals surface area contributed by atoms with E-state index in [-0.39, 0.29) is 30.4 Å². The second-order valence-corrected chi connectivity index (χ2v) is 7.93. The predicted octanol–water partition coefficient (Wildman–Crippen LogP) is 3.25. The molecule has 0 fully saturated rings. The molecule has 2 rings (SSSR count). The topological polar surface area (TPSA) is 58.6 Å². The number of amides is 2. The Bertz CT molecular complexity index is 635. The van der Waals surface area contributed by atoms with Gasteiger partial charge in [-0.05, 0) is 42.1 Å². The summed E-state index contributed by atoms with van der Waals surface area (Å²) in [4.78, 5) is 25.7. The molecule has 0 radical (unpaired) electrons. The number of imide groups is 1. The first kappa shape index (κ1) is 19.4. The van der Waals surface area contributed by atoms with Gasteiger partial charge >= 0.3 is 0 Å². The first-order valence-electron chi connectivity index (χ1n) is 8.57. The van der Waals surface area contributed by atoms with Gasteiger partial charge in [-0.3, -0.25) is 14.5 Å². The number of thiocarbonyl (C=S) groups is 1. The number of hydrogen-bond acceptors (Lipinski definition) is 4. The largest absolute Gasteiger partial charge is 0.469 e. The predicted molar refractivity (Wildman–Crippen MR) is 102 cm³/mol. The lowest BCUT2D eigenvalue weighted by Crippen LogP contribution is -2.37. The molecule has 0 aliphatic carbocycles. The molecule has 1 aromatic carbocycles. The highest BCUT2D eigenvalue weighted by molar-refractivity contribution is 7.80. The Hall–Kier alpha value is -1.95. The summed E-state index contributed by atoms with van der Waals surface area (Å²) in [5.41, 5.74) is 1.01. The SMILES string of the molecule is CC(C)CC(C)(C)CNC(=S)OCCN1C(=O)c2ccccc2C1=O. The Labute approximate surface area is 154 Å². The minimum atomic E-state index is -0.277. The fraction of sp³-hybridized carbons (Fsp3) is 0.526. The highest BCUT2D eigenvalue weighted by Crippen LogP contribution is 2.24. The van der Waals surface area contributed by atoms with Crippen LogP contribution in [0, 0.1) is 11.3 Å². The molecule has 0 bridgehead atoms. The second-order valence-electron chi connectivity index (χ2n) is 7.56. The minimum Gasteiger partial charge on any atom is -0.469 e. The van der Waals surface area contributed by atoms with Gasteiger partial charge in [0.05, 0.1) is 17.7 Å². The molecule has 1 aromatic rings. The van der Waals surface area contributed by atoms with Crippen LogP contribution in [-0.2, 0) is 4.74 Å². The lowest BCUT2D eigenvalue weighted by atomic mass is 9.84. The number of nitrogens with zero attached hydrogens (tertiary/aromatic N) is 1. The van der Waals surface area contributed by atoms with Crippen molar-refractivity contribution in [2.45, 2.75) is 34.1 Å². The van der Waals surface area contributed by atoms with Crippen molar-refractivity contribution in [2.24, 2.45) is 11.3 Å². The van der Waals surface area contributed by atoms with Gasteiger partial charge in [-0.1, -0.05) is 39.8 Å². The molecule has 0 atom stereocenters. The molecule has 0 spiro atoms. The van der Waals surface area contributed by atoms with E-state index >= 15 is 0 Å². The van der Waals surface area contributed by atoms with Crippen molar-refractivity contribution in [2.75, 3.05) is 19.7 Å². The van der Waals surface area contributed by atoms with Crippen molar-refractivity contribution in [1.82, 2.24) is 10.2 Å². The Morgan fingerprint density at radius 1 is 1.20 bits per heavy atom. The summed E-state index contributed by atoms with van der Waals surface area (Å²) in [6, 6.07) is 6.84. The molecule has 25 heavy (non-hydrogen) atoms. The summed E-state index contributed by atoms with van der Waals surface area (Å²) >= 11 is 5.18. The highest BCUT2D eigenvalue weighted by atomic mass is 32.1. The van der Waals surface area contributed by atoms with Crippen LogP contribution in [0.2, 0.25) is 0 Å². The molecule has 1 heterocycles. The second kappa shape index (κ2) is 7.95. The minimum absolute atomic E-state index is 0.115. The van der Waals surface area contributed by atoms with Gasteiger partial charge in [0, 0.05) is 6.54 Å². The number of carbonyl (C=O) groups is 2. The number of hydrogen-bond donors (Lipinski definition) is 1. The molecular formula is C19H26N2O3S. The lowest BCUT2D eigenvalue weighted by Gasteiger charge is -2.27. The molecule has 136 valence electrons. The molecular weight excluding hydrogens is 336 g/mol. The molecule has 1 N–H and O–H groups in total. The van der Waals surface area contributed by atoms with Crippen LogP contribution in [0.5, 0.6) is 0 Å². The maximum atomic E-state index is 12.2. The average Bonchev–Trinajstić information content (AvgIpc) is 2.77. The molecule has 0 saturated carbocycles. The number of fused-ring (bicyclic) bond motifs is 1. The summed E-state index contributed by atoms with van der Waals surface area (Å²) < 4.78 is 5.47. The smallest absolute Gasteiger partial charge is 0.261 e. The summed E-state index contributed by atoms with van der Waals surface area (Å²) in [6.45, 7) is 9.84. The van der Waals surface area contributed by atoms with Crippen LogP contribution < -0.4 is 5.32 Å². The van der Waals surface area contributed by atoms with Gasteiger partial charge in [-0.15, -0.1) is 0 Å². The number of ether oxygens (including phenoxy) is 1. The number of rotatable bonds is 7. The first-order chi connectivity index (χ1) is 11.7. The lowest BCUT2D eigenvalue weighted by molar-refractivity contribution is 0.0627. The molecule has 1 aliphatic rings. The van der Waals surface area contributed by atoms with Crippen molar-refractivity contribution >= 4 is 29.2 Å². The van der Waals surface area contributed by atoms with Crippen molar-refractivity contribution < 1.29 is 14.3 Å². The highest BCUT2D eigenvalue weighted by Gasteiger charge is 2.34. The maximum absolute atomic E-state index is 12.2. The fourth-order valence-corrected chi connectivity index (χ4v) is 3.37. The van der Waals surface area contributed by atoms with Crippen LogP contribution in [0.4, 0.5) is 0 Å². The van der Waals surface area contributed by atoms with E-state index in [1.807, 2.05) is 0 Å². The van der Waals surface area contributed by atoms with Crippen LogP contribution in [0.3, 0.4) is 0 Å². The number of nitrogens with one attached hydrogen (secondary N) is 1. The van der Waals surface area contributed by atoms with E-state index in [9.17, 15) is 9.59 Å². The van der Waals surface area contributed by atoms with Crippen molar-refractivity contribution in [3.05, 3.63) is 35.4 Å². The van der Waals surface area contributed by atoms with E-state index in [1.54, 1.807) is 24.3 Å². The zero-order valence-electron chi connectivity index (χ0n) is 15.3. The van der Waals surface area contributed by atoms with Gasteiger partial charge in [-0.2, -0.15) is 0 Å². The van der Waals surface area contributed by atoms with Gasteiger partial charge < -0.3 is 10.1 Å². The fourth-order valence-electron chi connectivity index (χ4n) is 3.21. The summed E-state index contributed by atoms with van der Waals surface area (Å²) in [5.74, 6) is 0.0578. The van der Waals surface area contributed by atoms with Gasteiger partial charge in [-0.25, -0.2) is 0 Å². The molecule has 0 aromatic heterocycles. The third-order valence-electron chi connectivity index (χ3n) is 4.10. The monoisotopic (exact) mass is 362 g/mol. The Morgan fingerprint density at radius 3 is 2.28 bits per heavy atom. The van der Waals surface area contributed by atoms with E-state index in [2.05, 4.69) is 33.0 Å². The van der Waals surface area contributed by atoms with E-state index in [1.165, 1.54) is 4.90 Å². The molecule has 0 saturated heterocycles. The average molecular weight is 362 g/mol. The molecule has 0 unspecified atom stereocenters. The van der Waals surface area contributed by atoms with Crippen LogP contribution in [-0.4, -0.2) is 41.6 Å². The van der Waals surface area contributed by atoms with E-state index in [4.69, 9.17) is 17.0 Å². The Kier molecular flexibility index (Phi) is 6.16. The van der Waals surface area contributed by atoms with Gasteiger partial charge in [0.15, 0.2) is 0 Å². The van der Waals surface area contributed by atoms with Gasteiger partial charge in [0.2, 0.25) is 0 Å². The van der Waals surface area contributed by atoms with Gasteiger partial charge in [0.25, 0.3) is 17.0 Å².